The third-order valence-corrected chi connectivity index (χ3v) is 2.08. The first-order valence-corrected chi connectivity index (χ1v) is 4.90. The summed E-state index contributed by atoms with van der Waals surface area (Å²) in [4.78, 5) is 11.6. The van der Waals surface area contributed by atoms with Gasteiger partial charge in [0.25, 0.3) is 5.91 Å². The van der Waals surface area contributed by atoms with Gasteiger partial charge in [0.15, 0.2) is 0 Å². The number of rotatable bonds is 3. The summed E-state index contributed by atoms with van der Waals surface area (Å²) in [6.07, 6.45) is 0. The van der Waals surface area contributed by atoms with E-state index in [1.807, 2.05) is 0 Å². The second-order valence-electron chi connectivity index (χ2n) is 4.19. The fourth-order valence-corrected chi connectivity index (χ4v) is 1.07. The van der Waals surface area contributed by atoms with Gasteiger partial charge < -0.3 is 5.32 Å². The number of nitrogens with one attached hydrogen (secondary N) is 1. The summed E-state index contributed by atoms with van der Waals surface area (Å²) in [5, 5.41) is 11.3. The van der Waals surface area contributed by atoms with Crippen molar-refractivity contribution >= 4 is 5.91 Å². The second kappa shape index (κ2) is 4.75. The first kappa shape index (κ1) is 12.2. The second-order valence-corrected chi connectivity index (χ2v) is 4.19. The normalized spacial score (nSPS) is 10.6. The minimum absolute atomic E-state index is 0.235. The Bertz CT molecular complexity index is 435. The van der Waals surface area contributed by atoms with Gasteiger partial charge in [-0.3, -0.25) is 4.79 Å². The van der Waals surface area contributed by atoms with Crippen molar-refractivity contribution in [1.82, 2.24) is 5.32 Å². The van der Waals surface area contributed by atoms with Gasteiger partial charge in [0.1, 0.15) is 5.82 Å². The van der Waals surface area contributed by atoms with Gasteiger partial charge in [-0.2, -0.15) is 5.26 Å². The Labute approximate surface area is 93.9 Å². The van der Waals surface area contributed by atoms with Crippen molar-refractivity contribution in [3.05, 3.63) is 35.6 Å². The van der Waals surface area contributed by atoms with Crippen molar-refractivity contribution in [3.63, 3.8) is 0 Å². The molecule has 3 nitrogen and oxygen atoms in total. The van der Waals surface area contributed by atoms with Crippen molar-refractivity contribution in [1.29, 1.82) is 5.26 Å². The molecule has 1 rings (SSSR count). The zero-order chi connectivity index (χ0) is 12.2. The average molecular weight is 220 g/mol. The fraction of sp³-hybridized carbons (Fsp3) is 0.333. The van der Waals surface area contributed by atoms with Crippen molar-refractivity contribution in [2.75, 3.05) is 6.54 Å². The molecule has 1 amide bonds. The van der Waals surface area contributed by atoms with E-state index in [9.17, 15) is 9.18 Å². The molecule has 16 heavy (non-hydrogen) atoms. The molecule has 0 atom stereocenters. The maximum absolute atomic E-state index is 12.8. The summed E-state index contributed by atoms with van der Waals surface area (Å²) in [7, 11) is 0. The van der Waals surface area contributed by atoms with Crippen LogP contribution in [0.5, 0.6) is 0 Å². The van der Waals surface area contributed by atoms with Gasteiger partial charge >= 0.3 is 0 Å². The molecular weight excluding hydrogens is 207 g/mol. The van der Waals surface area contributed by atoms with E-state index in [-0.39, 0.29) is 18.0 Å². The van der Waals surface area contributed by atoms with Crippen LogP contribution in [0.3, 0.4) is 0 Å². The fourth-order valence-electron chi connectivity index (χ4n) is 1.07. The number of carbonyl (C=O) groups is 1. The number of nitrogens with zero attached hydrogens (tertiary/aromatic N) is 1. The van der Waals surface area contributed by atoms with Gasteiger partial charge in [0.2, 0.25) is 0 Å². The monoisotopic (exact) mass is 220 g/mol. The highest BCUT2D eigenvalue weighted by Gasteiger charge is 2.18. The van der Waals surface area contributed by atoms with Crippen LogP contribution in [0.15, 0.2) is 24.3 Å². The van der Waals surface area contributed by atoms with Crippen LogP contribution in [0, 0.1) is 22.6 Å². The molecule has 0 saturated carbocycles. The number of halogens is 1. The SMILES string of the molecule is CC(C)(C#N)CNC(=O)c1cccc(F)c1. The summed E-state index contributed by atoms with van der Waals surface area (Å²) in [6, 6.07) is 7.50. The van der Waals surface area contributed by atoms with Gasteiger partial charge in [-0.25, -0.2) is 4.39 Å². The molecule has 0 spiro atoms. The summed E-state index contributed by atoms with van der Waals surface area (Å²) in [5.74, 6) is -0.824. The molecule has 84 valence electrons. The van der Waals surface area contributed by atoms with E-state index in [1.54, 1.807) is 13.8 Å². The minimum atomic E-state index is -0.622. The number of hydrogen-bond acceptors (Lipinski definition) is 2. The van der Waals surface area contributed by atoms with E-state index in [0.29, 0.717) is 0 Å². The van der Waals surface area contributed by atoms with Gasteiger partial charge in [-0.05, 0) is 32.0 Å². The molecule has 4 heteroatoms. The zero-order valence-corrected chi connectivity index (χ0v) is 9.25. The number of benzene rings is 1. The van der Waals surface area contributed by atoms with Crippen molar-refractivity contribution in [3.8, 4) is 6.07 Å². The Morgan fingerprint density at radius 3 is 2.81 bits per heavy atom. The highest BCUT2D eigenvalue weighted by atomic mass is 19.1. The van der Waals surface area contributed by atoms with E-state index in [1.165, 1.54) is 18.2 Å². The lowest BCUT2D eigenvalue weighted by Crippen LogP contribution is -2.33. The van der Waals surface area contributed by atoms with Crippen molar-refractivity contribution < 1.29 is 9.18 Å². The molecule has 0 fully saturated rings. The highest BCUT2D eigenvalue weighted by Crippen LogP contribution is 2.11. The number of carbonyl (C=O) groups excluding carboxylic acids is 1. The van der Waals surface area contributed by atoms with Crippen LogP contribution in [0.4, 0.5) is 4.39 Å². The lowest BCUT2D eigenvalue weighted by atomic mass is 9.96. The standard InChI is InChI=1S/C12H13FN2O/c1-12(2,7-14)8-15-11(16)9-4-3-5-10(13)6-9/h3-6H,8H2,1-2H3,(H,15,16). The molecule has 0 aliphatic carbocycles. The quantitative estimate of drug-likeness (QED) is 0.848. The Balaban J connectivity index is 2.64. The Morgan fingerprint density at radius 1 is 1.56 bits per heavy atom. The summed E-state index contributed by atoms with van der Waals surface area (Å²) >= 11 is 0. The van der Waals surface area contributed by atoms with E-state index in [0.717, 1.165) is 6.07 Å². The maximum Gasteiger partial charge on any atom is 0.251 e. The lowest BCUT2D eigenvalue weighted by molar-refractivity contribution is 0.0943. The predicted molar refractivity (Wildman–Crippen MR) is 58.1 cm³/mol. The number of nitriles is 1. The Hall–Kier alpha value is -1.89. The van der Waals surface area contributed by atoms with Crippen LogP contribution in [-0.4, -0.2) is 12.5 Å². The van der Waals surface area contributed by atoms with Crippen LogP contribution in [0.2, 0.25) is 0 Å². The predicted octanol–water partition coefficient (Wildman–Crippen LogP) is 2.11. The Kier molecular flexibility index (Phi) is 3.62. The van der Waals surface area contributed by atoms with Gasteiger partial charge in [0.05, 0.1) is 11.5 Å². The zero-order valence-electron chi connectivity index (χ0n) is 9.25. The molecule has 0 aliphatic rings. The van der Waals surface area contributed by atoms with Gasteiger partial charge in [-0.15, -0.1) is 0 Å². The molecular formula is C12H13FN2O. The first-order valence-electron chi connectivity index (χ1n) is 4.90. The summed E-state index contributed by atoms with van der Waals surface area (Å²) in [6.45, 7) is 3.68. The van der Waals surface area contributed by atoms with Crippen LogP contribution in [-0.2, 0) is 0 Å². The largest absolute Gasteiger partial charge is 0.350 e. The van der Waals surface area contributed by atoms with Crippen LogP contribution < -0.4 is 5.32 Å². The molecule has 0 radical (unpaired) electrons. The topological polar surface area (TPSA) is 52.9 Å². The maximum atomic E-state index is 12.8. The highest BCUT2D eigenvalue weighted by molar-refractivity contribution is 5.94. The lowest BCUT2D eigenvalue weighted by Gasteiger charge is -2.15. The summed E-state index contributed by atoms with van der Waals surface area (Å²) in [5.41, 5.74) is -0.364. The molecule has 1 aromatic carbocycles. The van der Waals surface area contributed by atoms with Crippen molar-refractivity contribution in [2.45, 2.75) is 13.8 Å². The van der Waals surface area contributed by atoms with Crippen molar-refractivity contribution in [2.24, 2.45) is 5.41 Å². The molecule has 1 aromatic rings. The molecule has 0 bridgehead atoms. The van der Waals surface area contributed by atoms with Gasteiger partial charge in [-0.1, -0.05) is 6.07 Å². The summed E-state index contributed by atoms with van der Waals surface area (Å²) < 4.78 is 12.8. The van der Waals surface area contributed by atoms with Crippen LogP contribution >= 0.6 is 0 Å². The number of hydrogen-bond donors (Lipinski definition) is 1. The minimum Gasteiger partial charge on any atom is -0.350 e. The van der Waals surface area contributed by atoms with Gasteiger partial charge in [0, 0.05) is 12.1 Å². The van der Waals surface area contributed by atoms with E-state index >= 15 is 0 Å². The molecule has 0 aromatic heterocycles. The van der Waals surface area contributed by atoms with E-state index < -0.39 is 11.2 Å². The van der Waals surface area contributed by atoms with Crippen LogP contribution in [0.25, 0.3) is 0 Å². The van der Waals surface area contributed by atoms with E-state index in [4.69, 9.17) is 5.26 Å². The first-order chi connectivity index (χ1) is 7.44. The third-order valence-electron chi connectivity index (χ3n) is 2.08. The smallest absolute Gasteiger partial charge is 0.251 e. The molecule has 1 N–H and O–H groups in total. The molecule has 0 saturated heterocycles. The Morgan fingerprint density at radius 2 is 2.25 bits per heavy atom. The molecule has 0 aliphatic heterocycles. The molecule has 0 unspecified atom stereocenters. The molecule has 0 heterocycles. The number of amides is 1. The van der Waals surface area contributed by atoms with E-state index in [2.05, 4.69) is 11.4 Å². The third kappa shape index (κ3) is 3.35. The average Bonchev–Trinajstić information content (AvgIpc) is 2.26. The van der Waals surface area contributed by atoms with Crippen LogP contribution in [0.1, 0.15) is 24.2 Å².